The van der Waals surface area contributed by atoms with Crippen LogP contribution in [-0.2, 0) is 27.1 Å². The van der Waals surface area contributed by atoms with E-state index >= 15 is 0 Å². The lowest BCUT2D eigenvalue weighted by molar-refractivity contribution is -0.621. The molecule has 0 aliphatic carbocycles. The molecule has 1 N–H and O–H groups in total. The minimum Gasteiger partial charge on any atom is -0.618 e. The molecule has 28 heavy (non-hydrogen) atoms. The maximum absolute atomic E-state index is 13.1. The van der Waals surface area contributed by atoms with Gasteiger partial charge in [-0.05, 0) is 43.4 Å². The lowest BCUT2D eigenvalue weighted by Gasteiger charge is -2.21. The number of aromatic nitrogens is 1. The van der Waals surface area contributed by atoms with Gasteiger partial charge in [-0.2, -0.15) is 4.73 Å². The van der Waals surface area contributed by atoms with Gasteiger partial charge < -0.3 is 15.3 Å². The van der Waals surface area contributed by atoms with E-state index in [0.29, 0.717) is 11.4 Å². The van der Waals surface area contributed by atoms with Gasteiger partial charge in [-0.1, -0.05) is 45.0 Å². The van der Waals surface area contributed by atoms with Crippen LogP contribution >= 0.6 is 0 Å². The van der Waals surface area contributed by atoms with E-state index in [-0.39, 0.29) is 17.9 Å². The molecule has 0 bridgehead atoms. The van der Waals surface area contributed by atoms with Gasteiger partial charge in [-0.3, -0.25) is 4.79 Å². The number of amides is 1. The van der Waals surface area contributed by atoms with Crippen molar-refractivity contribution in [2.45, 2.75) is 71.6 Å². The van der Waals surface area contributed by atoms with Crippen LogP contribution in [0.5, 0.6) is 0 Å². The van der Waals surface area contributed by atoms with Gasteiger partial charge in [0, 0.05) is 18.6 Å². The second-order valence-electron chi connectivity index (χ2n) is 9.19. The Kier molecular flexibility index (Phi) is 4.79. The van der Waals surface area contributed by atoms with Crippen molar-refractivity contribution in [3.8, 4) is 0 Å². The number of hydrogen-bond donors (Lipinski definition) is 1. The van der Waals surface area contributed by atoms with E-state index in [1.54, 1.807) is 13.0 Å². The van der Waals surface area contributed by atoms with E-state index in [1.807, 2.05) is 39.0 Å². The highest BCUT2D eigenvalue weighted by Gasteiger charge is 2.70. The fourth-order valence-electron chi connectivity index (χ4n) is 3.63. The SMILES string of the molecule is Cc1ccc(CNC(=O)C2(c3ccc(C(C)(C)C)cc3)OC2(C)C)[n+]([O-])c1C. The van der Waals surface area contributed by atoms with Crippen molar-refractivity contribution in [1.29, 1.82) is 0 Å². The summed E-state index contributed by atoms with van der Waals surface area (Å²) < 4.78 is 6.80. The summed E-state index contributed by atoms with van der Waals surface area (Å²) in [5, 5.41) is 15.2. The Morgan fingerprint density at radius 3 is 2.18 bits per heavy atom. The van der Waals surface area contributed by atoms with Crippen molar-refractivity contribution in [3.05, 3.63) is 69.7 Å². The molecule has 1 aliphatic heterocycles. The fraction of sp³-hybridized carbons (Fsp3) is 0.478. The Morgan fingerprint density at radius 2 is 1.68 bits per heavy atom. The van der Waals surface area contributed by atoms with Gasteiger partial charge in [0.15, 0.2) is 5.69 Å². The van der Waals surface area contributed by atoms with Crippen molar-refractivity contribution < 1.29 is 14.3 Å². The van der Waals surface area contributed by atoms with Crippen LogP contribution in [0.4, 0.5) is 0 Å². The van der Waals surface area contributed by atoms with E-state index < -0.39 is 11.2 Å². The molecule has 1 aliphatic rings. The van der Waals surface area contributed by atoms with Gasteiger partial charge >= 0.3 is 0 Å². The number of carbonyl (C=O) groups is 1. The molecular formula is C23H30N2O3. The highest BCUT2D eigenvalue weighted by Crippen LogP contribution is 2.55. The largest absolute Gasteiger partial charge is 0.618 e. The first-order chi connectivity index (χ1) is 12.9. The highest BCUT2D eigenvalue weighted by molar-refractivity contribution is 5.91. The van der Waals surface area contributed by atoms with Crippen LogP contribution < -0.4 is 10.0 Å². The van der Waals surface area contributed by atoms with E-state index in [9.17, 15) is 10.0 Å². The zero-order valence-electron chi connectivity index (χ0n) is 17.8. The molecule has 1 fully saturated rings. The van der Waals surface area contributed by atoms with E-state index in [4.69, 9.17) is 4.74 Å². The quantitative estimate of drug-likeness (QED) is 0.499. The number of hydrogen-bond acceptors (Lipinski definition) is 3. The minimum atomic E-state index is -1.03. The monoisotopic (exact) mass is 382 g/mol. The topological polar surface area (TPSA) is 68.6 Å². The highest BCUT2D eigenvalue weighted by atomic mass is 16.6. The molecule has 1 amide bonds. The summed E-state index contributed by atoms with van der Waals surface area (Å²) in [6, 6.07) is 11.7. The molecule has 1 atom stereocenters. The van der Waals surface area contributed by atoms with Gasteiger partial charge in [0.2, 0.25) is 11.3 Å². The van der Waals surface area contributed by atoms with Crippen LogP contribution in [0.2, 0.25) is 0 Å². The molecule has 150 valence electrons. The van der Waals surface area contributed by atoms with Crippen LogP contribution in [0, 0.1) is 19.1 Å². The number of aryl methyl sites for hydroxylation is 1. The van der Waals surface area contributed by atoms with E-state index in [2.05, 4.69) is 38.2 Å². The molecule has 5 nitrogen and oxygen atoms in total. The molecule has 2 aromatic rings. The number of rotatable bonds is 4. The zero-order valence-corrected chi connectivity index (χ0v) is 17.8. The lowest BCUT2D eigenvalue weighted by atomic mass is 9.83. The number of benzene rings is 1. The van der Waals surface area contributed by atoms with Crippen molar-refractivity contribution in [3.63, 3.8) is 0 Å². The summed E-state index contributed by atoms with van der Waals surface area (Å²) in [5.41, 5.74) is 2.51. The van der Waals surface area contributed by atoms with E-state index in [1.165, 1.54) is 5.56 Å². The Morgan fingerprint density at radius 1 is 1.11 bits per heavy atom. The van der Waals surface area contributed by atoms with Crippen LogP contribution in [-0.4, -0.2) is 11.5 Å². The third-order valence-corrected chi connectivity index (χ3v) is 5.78. The van der Waals surface area contributed by atoms with Gasteiger partial charge in [0.05, 0.1) is 0 Å². The number of epoxide rings is 1. The molecule has 1 aromatic carbocycles. The molecule has 0 saturated carbocycles. The predicted molar refractivity (Wildman–Crippen MR) is 109 cm³/mol. The number of pyridine rings is 1. The molecule has 1 unspecified atom stereocenters. The summed E-state index contributed by atoms with van der Waals surface area (Å²) in [6.45, 7) is 14.1. The zero-order chi connectivity index (χ0) is 20.9. The maximum Gasteiger partial charge on any atom is 0.260 e. The van der Waals surface area contributed by atoms with Crippen LogP contribution in [0.25, 0.3) is 0 Å². The third-order valence-electron chi connectivity index (χ3n) is 5.78. The minimum absolute atomic E-state index is 0.0406. The second kappa shape index (κ2) is 6.59. The van der Waals surface area contributed by atoms with Crippen LogP contribution in [0.15, 0.2) is 36.4 Å². The van der Waals surface area contributed by atoms with Gasteiger partial charge in [0.1, 0.15) is 12.1 Å². The molecule has 1 aromatic heterocycles. The summed E-state index contributed by atoms with van der Waals surface area (Å²) in [5.74, 6) is -0.223. The first-order valence-corrected chi connectivity index (χ1v) is 9.68. The van der Waals surface area contributed by atoms with Gasteiger partial charge in [0.25, 0.3) is 5.91 Å². The van der Waals surface area contributed by atoms with Crippen molar-refractivity contribution in [2.75, 3.05) is 0 Å². The molecule has 1 saturated heterocycles. The normalized spacial score (nSPS) is 20.7. The Bertz CT molecular complexity index is 911. The molecule has 2 heterocycles. The van der Waals surface area contributed by atoms with Crippen LogP contribution in [0.3, 0.4) is 0 Å². The average molecular weight is 383 g/mol. The predicted octanol–water partition coefficient (Wildman–Crippen LogP) is 3.55. The van der Waals surface area contributed by atoms with Crippen molar-refractivity contribution in [1.82, 2.24) is 5.32 Å². The Hall–Kier alpha value is -2.40. The molecule has 3 rings (SSSR count). The standard InChI is InChI=1S/C23H30N2O3/c1-15-8-13-19(25(27)16(15)2)14-24-20(26)23(22(6,7)28-23)18-11-9-17(10-12-18)21(3,4)5/h8-13H,14H2,1-7H3,(H,24,26). The Balaban J connectivity index is 1.83. The summed E-state index contributed by atoms with van der Waals surface area (Å²) in [6.07, 6.45) is 0. The van der Waals surface area contributed by atoms with Crippen molar-refractivity contribution in [2.24, 2.45) is 0 Å². The average Bonchev–Trinajstić information content (AvgIpc) is 3.22. The summed E-state index contributed by atoms with van der Waals surface area (Å²) >= 11 is 0. The fourth-order valence-corrected chi connectivity index (χ4v) is 3.63. The second-order valence-corrected chi connectivity index (χ2v) is 9.19. The molecule has 0 spiro atoms. The first kappa shape index (κ1) is 20.3. The molecule has 0 radical (unpaired) electrons. The third kappa shape index (κ3) is 3.28. The van der Waals surface area contributed by atoms with Crippen LogP contribution in [0.1, 0.15) is 62.7 Å². The van der Waals surface area contributed by atoms with Crippen molar-refractivity contribution >= 4 is 5.91 Å². The lowest BCUT2D eigenvalue weighted by Crippen LogP contribution is -2.43. The maximum atomic E-state index is 13.1. The summed E-state index contributed by atoms with van der Waals surface area (Å²) in [4.78, 5) is 13.1. The molecule has 5 heteroatoms. The number of ether oxygens (including phenoxy) is 1. The number of nitrogens with one attached hydrogen (secondary N) is 1. The van der Waals surface area contributed by atoms with E-state index in [0.717, 1.165) is 15.9 Å². The number of carbonyl (C=O) groups excluding carboxylic acids is 1. The Labute approximate surface area is 167 Å². The smallest absolute Gasteiger partial charge is 0.260 e. The van der Waals surface area contributed by atoms with Gasteiger partial charge in [-0.25, -0.2) is 0 Å². The van der Waals surface area contributed by atoms with Gasteiger partial charge in [-0.15, -0.1) is 0 Å². The first-order valence-electron chi connectivity index (χ1n) is 9.68. The number of nitrogens with zero attached hydrogens (tertiary/aromatic N) is 1. The summed E-state index contributed by atoms with van der Waals surface area (Å²) in [7, 11) is 0. The molecular weight excluding hydrogens is 352 g/mol.